The molecule has 3 aromatic rings. The van der Waals surface area contributed by atoms with Gasteiger partial charge in [-0.3, -0.25) is 14.4 Å². The minimum absolute atomic E-state index is 0.0762. The Morgan fingerprint density at radius 3 is 2.14 bits per heavy atom. The summed E-state index contributed by atoms with van der Waals surface area (Å²) in [6.45, 7) is 3.43. The Hall–Kier alpha value is -3.12. The minimum Gasteiger partial charge on any atom is -0.465 e. The number of esters is 2. The molecule has 3 rings (SSSR count). The summed E-state index contributed by atoms with van der Waals surface area (Å²) in [4.78, 5) is 41.7. The quantitative estimate of drug-likeness (QED) is 0.355. The Bertz CT molecular complexity index is 1040. The van der Waals surface area contributed by atoms with Crippen LogP contribution < -0.4 is 0 Å². The van der Waals surface area contributed by atoms with Crippen LogP contribution in [0.2, 0.25) is 5.02 Å². The van der Waals surface area contributed by atoms with Crippen LogP contribution in [-0.2, 0) is 19.1 Å². The van der Waals surface area contributed by atoms with E-state index in [1.54, 1.807) is 62.4 Å². The summed E-state index contributed by atoms with van der Waals surface area (Å²) < 4.78 is 10.2. The Labute approximate surface area is 172 Å². The summed E-state index contributed by atoms with van der Waals surface area (Å²) in [6.07, 6.45) is 0. The van der Waals surface area contributed by atoms with Crippen molar-refractivity contribution in [2.24, 2.45) is 0 Å². The van der Waals surface area contributed by atoms with Crippen molar-refractivity contribution in [3.05, 3.63) is 70.4 Å². The van der Waals surface area contributed by atoms with Crippen LogP contribution in [0, 0.1) is 0 Å². The van der Waals surface area contributed by atoms with E-state index in [-0.39, 0.29) is 30.3 Å². The van der Waals surface area contributed by atoms with Crippen LogP contribution in [0.5, 0.6) is 0 Å². The third-order valence-corrected chi connectivity index (χ3v) is 4.72. The summed E-state index contributed by atoms with van der Waals surface area (Å²) in [5, 5.41) is 0.721. The third-order valence-electron chi connectivity index (χ3n) is 4.41. The van der Waals surface area contributed by atoms with Gasteiger partial charge in [-0.25, -0.2) is 0 Å². The van der Waals surface area contributed by atoms with Gasteiger partial charge in [-0.15, -0.1) is 0 Å². The molecular weight excluding hydrogens is 394 g/mol. The molecule has 1 heterocycles. The monoisotopic (exact) mass is 413 g/mol. The topological polar surface area (TPSA) is 85.5 Å². The maximum Gasteiger partial charge on any atom is 0.324 e. The van der Waals surface area contributed by atoms with Crippen molar-refractivity contribution in [1.82, 2.24) is 4.98 Å². The van der Waals surface area contributed by atoms with Crippen LogP contribution in [-0.4, -0.2) is 35.9 Å². The number of nitrogens with one attached hydrogen (secondary N) is 1. The number of hydrogen-bond donors (Lipinski definition) is 1. The van der Waals surface area contributed by atoms with Gasteiger partial charge in [-0.05, 0) is 26.0 Å². The zero-order valence-corrected chi connectivity index (χ0v) is 16.8. The molecule has 1 N–H and O–H groups in total. The SMILES string of the molecule is CCOC(=O)C(C(=O)OCC)c1c(C(=O)c2ccccc2)[nH]c2cccc(Cl)c12. The van der Waals surface area contributed by atoms with Crippen LogP contribution in [0.25, 0.3) is 10.9 Å². The maximum absolute atomic E-state index is 13.2. The highest BCUT2D eigenvalue weighted by molar-refractivity contribution is 6.36. The van der Waals surface area contributed by atoms with Crippen molar-refractivity contribution in [3.63, 3.8) is 0 Å². The van der Waals surface area contributed by atoms with E-state index in [0.29, 0.717) is 21.5 Å². The standard InChI is InChI=1S/C22H20ClNO5/c1-3-28-21(26)18(22(27)29-4-2)17-16-14(23)11-8-12-15(16)24-19(17)20(25)13-9-6-5-7-10-13/h5-12,18,24H,3-4H2,1-2H3. The van der Waals surface area contributed by atoms with Crippen molar-refractivity contribution < 1.29 is 23.9 Å². The number of ketones is 1. The zero-order valence-electron chi connectivity index (χ0n) is 16.0. The molecule has 2 aromatic carbocycles. The maximum atomic E-state index is 13.2. The molecule has 0 aliphatic heterocycles. The van der Waals surface area contributed by atoms with Gasteiger partial charge in [-0.2, -0.15) is 0 Å². The Morgan fingerprint density at radius 1 is 0.931 bits per heavy atom. The first-order valence-corrected chi connectivity index (χ1v) is 9.60. The first-order valence-electron chi connectivity index (χ1n) is 9.22. The van der Waals surface area contributed by atoms with E-state index < -0.39 is 17.9 Å². The van der Waals surface area contributed by atoms with Gasteiger partial charge in [0.2, 0.25) is 5.78 Å². The highest BCUT2D eigenvalue weighted by Gasteiger charge is 2.38. The molecular formula is C22H20ClNO5. The smallest absolute Gasteiger partial charge is 0.324 e. The Kier molecular flexibility index (Phi) is 6.34. The van der Waals surface area contributed by atoms with Gasteiger partial charge in [0.05, 0.1) is 23.9 Å². The van der Waals surface area contributed by atoms with Crippen LogP contribution >= 0.6 is 11.6 Å². The van der Waals surface area contributed by atoms with Gasteiger partial charge in [0, 0.05) is 22.0 Å². The zero-order chi connectivity index (χ0) is 21.0. The van der Waals surface area contributed by atoms with Gasteiger partial charge in [-0.1, -0.05) is 48.0 Å². The molecule has 0 bridgehead atoms. The molecule has 1 aromatic heterocycles. The number of rotatable bonds is 7. The molecule has 29 heavy (non-hydrogen) atoms. The molecule has 0 saturated heterocycles. The number of benzene rings is 2. The molecule has 0 amide bonds. The molecule has 0 radical (unpaired) electrons. The van der Waals surface area contributed by atoms with E-state index in [9.17, 15) is 14.4 Å². The van der Waals surface area contributed by atoms with Crippen molar-refractivity contribution in [2.75, 3.05) is 13.2 Å². The highest BCUT2D eigenvalue weighted by Crippen LogP contribution is 2.36. The third kappa shape index (κ3) is 4.03. The summed E-state index contributed by atoms with van der Waals surface area (Å²) in [5.74, 6) is -3.40. The molecule has 0 spiro atoms. The molecule has 0 fully saturated rings. The summed E-state index contributed by atoms with van der Waals surface area (Å²) in [7, 11) is 0. The number of H-pyrrole nitrogens is 1. The van der Waals surface area contributed by atoms with E-state index in [1.807, 2.05) is 0 Å². The lowest BCUT2D eigenvalue weighted by molar-refractivity contribution is -0.156. The first kappa shape index (κ1) is 20.6. The van der Waals surface area contributed by atoms with Crippen LogP contribution in [0.1, 0.15) is 41.4 Å². The molecule has 0 unspecified atom stereocenters. The lowest BCUT2D eigenvalue weighted by atomic mass is 9.92. The van der Waals surface area contributed by atoms with E-state index in [0.717, 1.165) is 0 Å². The second-order valence-corrected chi connectivity index (χ2v) is 6.62. The molecule has 6 nitrogen and oxygen atoms in total. The number of ether oxygens (including phenoxy) is 2. The molecule has 0 aliphatic rings. The van der Waals surface area contributed by atoms with E-state index in [4.69, 9.17) is 21.1 Å². The molecule has 0 saturated carbocycles. The Morgan fingerprint density at radius 2 is 1.55 bits per heavy atom. The average Bonchev–Trinajstić information content (AvgIpc) is 3.09. The fraction of sp³-hybridized carbons (Fsp3) is 0.227. The van der Waals surface area contributed by atoms with Gasteiger partial charge >= 0.3 is 11.9 Å². The fourth-order valence-electron chi connectivity index (χ4n) is 3.21. The predicted octanol–water partition coefficient (Wildman–Crippen LogP) is 4.26. The van der Waals surface area contributed by atoms with Crippen molar-refractivity contribution >= 4 is 40.2 Å². The fourth-order valence-corrected chi connectivity index (χ4v) is 3.49. The van der Waals surface area contributed by atoms with Crippen molar-refractivity contribution in [2.45, 2.75) is 19.8 Å². The average molecular weight is 414 g/mol. The molecule has 0 aliphatic carbocycles. The number of aromatic amines is 1. The molecule has 7 heteroatoms. The van der Waals surface area contributed by atoms with Gasteiger partial charge in [0.25, 0.3) is 0 Å². The lowest BCUT2D eigenvalue weighted by Gasteiger charge is -2.16. The molecule has 150 valence electrons. The van der Waals surface area contributed by atoms with Crippen molar-refractivity contribution in [3.8, 4) is 0 Å². The number of aromatic nitrogens is 1. The largest absolute Gasteiger partial charge is 0.465 e. The number of halogens is 1. The van der Waals surface area contributed by atoms with Gasteiger partial charge in [0.1, 0.15) is 0 Å². The summed E-state index contributed by atoms with van der Waals surface area (Å²) >= 11 is 6.40. The summed E-state index contributed by atoms with van der Waals surface area (Å²) in [5.41, 5.74) is 1.20. The second-order valence-electron chi connectivity index (χ2n) is 6.21. The number of carbonyl (C=O) groups is 3. The minimum atomic E-state index is -1.44. The van der Waals surface area contributed by atoms with E-state index in [2.05, 4.69) is 4.98 Å². The van der Waals surface area contributed by atoms with E-state index >= 15 is 0 Å². The van der Waals surface area contributed by atoms with Gasteiger partial charge < -0.3 is 14.5 Å². The van der Waals surface area contributed by atoms with Crippen LogP contribution in [0.4, 0.5) is 0 Å². The number of carbonyl (C=O) groups excluding carboxylic acids is 3. The number of fused-ring (bicyclic) bond motifs is 1. The van der Waals surface area contributed by atoms with Crippen LogP contribution in [0.3, 0.4) is 0 Å². The normalized spacial score (nSPS) is 10.9. The first-order chi connectivity index (χ1) is 14.0. The highest BCUT2D eigenvalue weighted by atomic mass is 35.5. The van der Waals surface area contributed by atoms with Crippen molar-refractivity contribution in [1.29, 1.82) is 0 Å². The molecule has 0 atom stereocenters. The predicted molar refractivity (Wildman–Crippen MR) is 109 cm³/mol. The summed E-state index contributed by atoms with van der Waals surface area (Å²) in [6, 6.07) is 13.6. The van der Waals surface area contributed by atoms with Crippen LogP contribution in [0.15, 0.2) is 48.5 Å². The van der Waals surface area contributed by atoms with Gasteiger partial charge in [0.15, 0.2) is 5.92 Å². The lowest BCUT2D eigenvalue weighted by Crippen LogP contribution is -2.27. The second kappa shape index (κ2) is 8.92. The Balaban J connectivity index is 2.29. The number of hydrogen-bond acceptors (Lipinski definition) is 5. The van der Waals surface area contributed by atoms with E-state index in [1.165, 1.54) is 0 Å².